The quantitative estimate of drug-likeness (QED) is 0.934. The van der Waals surface area contributed by atoms with Gasteiger partial charge in [0, 0.05) is 37.9 Å². The zero-order valence-corrected chi connectivity index (χ0v) is 15.1. The third kappa shape index (κ3) is 4.03. The highest BCUT2D eigenvalue weighted by atomic mass is 15.3. The van der Waals surface area contributed by atoms with Gasteiger partial charge in [-0.05, 0) is 50.6 Å². The molecule has 2 aromatic rings. The summed E-state index contributed by atoms with van der Waals surface area (Å²) < 4.78 is 0. The highest BCUT2D eigenvalue weighted by molar-refractivity contribution is 5.61. The lowest BCUT2D eigenvalue weighted by Gasteiger charge is -2.34. The minimum Gasteiger partial charge on any atom is -0.354 e. The van der Waals surface area contributed by atoms with E-state index in [1.54, 1.807) is 0 Å². The Morgan fingerprint density at radius 3 is 2.21 bits per heavy atom. The fraction of sp³-hybridized carbons (Fsp3) is 0.474. The predicted octanol–water partition coefficient (Wildman–Crippen LogP) is 3.29. The first-order valence-electron chi connectivity index (χ1n) is 8.72. The number of hydrogen-bond donors (Lipinski definition) is 1. The third-order valence-corrected chi connectivity index (χ3v) is 4.46. The molecule has 0 aliphatic carbocycles. The van der Waals surface area contributed by atoms with E-state index in [2.05, 4.69) is 70.1 Å². The van der Waals surface area contributed by atoms with Crippen molar-refractivity contribution in [1.29, 1.82) is 0 Å². The molecule has 1 fully saturated rings. The van der Waals surface area contributed by atoms with Crippen molar-refractivity contribution in [2.45, 2.75) is 27.7 Å². The van der Waals surface area contributed by atoms with Crippen molar-refractivity contribution in [3.05, 3.63) is 41.2 Å². The van der Waals surface area contributed by atoms with Gasteiger partial charge >= 0.3 is 0 Å². The number of nitrogens with one attached hydrogen (secondary N) is 1. The van der Waals surface area contributed by atoms with Crippen LogP contribution in [0, 0.1) is 20.8 Å². The van der Waals surface area contributed by atoms with Crippen LogP contribution in [-0.2, 0) is 0 Å². The molecule has 0 saturated carbocycles. The Hall–Kier alpha value is -2.14. The standard InChI is InChI=1S/C19H27N5/c1-5-23-6-8-24(9-7-23)19-13-18(20-16(4)21-19)22-17-11-14(2)10-15(3)12-17/h10-13H,5-9H2,1-4H3,(H,20,21,22). The summed E-state index contributed by atoms with van der Waals surface area (Å²) in [6.45, 7) is 13.8. The Labute approximate surface area is 144 Å². The normalized spacial score (nSPS) is 15.6. The lowest BCUT2D eigenvalue weighted by atomic mass is 10.1. The molecular formula is C19H27N5. The van der Waals surface area contributed by atoms with E-state index < -0.39 is 0 Å². The van der Waals surface area contributed by atoms with Gasteiger partial charge in [0.2, 0.25) is 0 Å². The second-order valence-corrected chi connectivity index (χ2v) is 6.58. The number of likely N-dealkylation sites (N-methyl/N-ethyl adjacent to an activating group) is 1. The minimum absolute atomic E-state index is 0.803. The highest BCUT2D eigenvalue weighted by Crippen LogP contribution is 2.22. The van der Waals surface area contributed by atoms with E-state index in [0.29, 0.717) is 0 Å². The number of rotatable bonds is 4. The monoisotopic (exact) mass is 325 g/mol. The van der Waals surface area contributed by atoms with Gasteiger partial charge in [-0.3, -0.25) is 0 Å². The van der Waals surface area contributed by atoms with Crippen LogP contribution >= 0.6 is 0 Å². The third-order valence-electron chi connectivity index (χ3n) is 4.46. The molecule has 1 aliphatic heterocycles. The summed E-state index contributed by atoms with van der Waals surface area (Å²) in [5, 5.41) is 3.44. The molecule has 0 atom stereocenters. The molecule has 0 radical (unpaired) electrons. The summed E-state index contributed by atoms with van der Waals surface area (Å²) in [7, 11) is 0. The molecule has 1 saturated heterocycles. The summed E-state index contributed by atoms with van der Waals surface area (Å²) in [6, 6.07) is 8.52. The lowest BCUT2D eigenvalue weighted by molar-refractivity contribution is 0.270. The number of aromatic nitrogens is 2. The van der Waals surface area contributed by atoms with Crippen molar-refractivity contribution < 1.29 is 0 Å². The number of anilines is 3. The Morgan fingerprint density at radius 1 is 0.917 bits per heavy atom. The van der Waals surface area contributed by atoms with Crippen molar-refractivity contribution in [3.8, 4) is 0 Å². The first-order chi connectivity index (χ1) is 11.5. The van der Waals surface area contributed by atoms with Crippen LogP contribution in [0.25, 0.3) is 0 Å². The topological polar surface area (TPSA) is 44.3 Å². The smallest absolute Gasteiger partial charge is 0.136 e. The first-order valence-corrected chi connectivity index (χ1v) is 8.72. The summed E-state index contributed by atoms with van der Waals surface area (Å²) in [5.41, 5.74) is 3.57. The highest BCUT2D eigenvalue weighted by Gasteiger charge is 2.17. The molecule has 2 heterocycles. The molecular weight excluding hydrogens is 298 g/mol. The van der Waals surface area contributed by atoms with E-state index in [9.17, 15) is 0 Å². The van der Waals surface area contributed by atoms with Gasteiger partial charge in [-0.25, -0.2) is 9.97 Å². The van der Waals surface area contributed by atoms with Gasteiger partial charge < -0.3 is 15.1 Å². The maximum Gasteiger partial charge on any atom is 0.136 e. The number of benzene rings is 1. The fourth-order valence-electron chi connectivity index (χ4n) is 3.27. The molecule has 0 bridgehead atoms. The molecule has 0 spiro atoms. The first kappa shape index (κ1) is 16.7. The average molecular weight is 325 g/mol. The number of piperazine rings is 1. The number of nitrogens with zero attached hydrogens (tertiary/aromatic N) is 4. The van der Waals surface area contributed by atoms with Crippen LogP contribution in [0.2, 0.25) is 0 Å². The van der Waals surface area contributed by atoms with Gasteiger partial charge in [0.25, 0.3) is 0 Å². The van der Waals surface area contributed by atoms with E-state index in [0.717, 1.165) is 55.9 Å². The van der Waals surface area contributed by atoms with Crippen LogP contribution in [0.5, 0.6) is 0 Å². The number of hydrogen-bond acceptors (Lipinski definition) is 5. The van der Waals surface area contributed by atoms with Gasteiger partial charge in [0.15, 0.2) is 0 Å². The Morgan fingerprint density at radius 2 is 1.58 bits per heavy atom. The molecule has 3 rings (SSSR count). The average Bonchev–Trinajstić information content (AvgIpc) is 2.53. The summed E-state index contributed by atoms with van der Waals surface area (Å²) in [5.74, 6) is 2.68. The van der Waals surface area contributed by atoms with Crippen molar-refractivity contribution in [3.63, 3.8) is 0 Å². The van der Waals surface area contributed by atoms with E-state index in [4.69, 9.17) is 0 Å². The second kappa shape index (κ2) is 7.18. The molecule has 0 unspecified atom stereocenters. The zero-order chi connectivity index (χ0) is 17.1. The molecule has 5 heteroatoms. The minimum atomic E-state index is 0.803. The summed E-state index contributed by atoms with van der Waals surface area (Å²) in [4.78, 5) is 14.0. The molecule has 0 amide bonds. The SMILES string of the molecule is CCN1CCN(c2cc(Nc3cc(C)cc(C)c3)nc(C)n2)CC1. The van der Waals surface area contributed by atoms with Gasteiger partial charge in [0.05, 0.1) is 0 Å². The van der Waals surface area contributed by atoms with E-state index in [-0.39, 0.29) is 0 Å². The van der Waals surface area contributed by atoms with E-state index >= 15 is 0 Å². The zero-order valence-electron chi connectivity index (χ0n) is 15.1. The Bertz CT molecular complexity index is 685. The van der Waals surface area contributed by atoms with Crippen LogP contribution in [0.3, 0.4) is 0 Å². The van der Waals surface area contributed by atoms with Crippen molar-refractivity contribution >= 4 is 17.3 Å². The fourth-order valence-corrected chi connectivity index (χ4v) is 3.27. The Balaban J connectivity index is 1.79. The largest absolute Gasteiger partial charge is 0.354 e. The molecule has 1 aromatic heterocycles. The predicted molar refractivity (Wildman–Crippen MR) is 100 cm³/mol. The van der Waals surface area contributed by atoms with Crippen LogP contribution in [0.15, 0.2) is 24.3 Å². The van der Waals surface area contributed by atoms with Crippen LogP contribution in [-0.4, -0.2) is 47.6 Å². The molecule has 1 N–H and O–H groups in total. The lowest BCUT2D eigenvalue weighted by Crippen LogP contribution is -2.46. The molecule has 24 heavy (non-hydrogen) atoms. The van der Waals surface area contributed by atoms with Gasteiger partial charge in [-0.2, -0.15) is 0 Å². The van der Waals surface area contributed by atoms with Crippen molar-refractivity contribution in [2.24, 2.45) is 0 Å². The molecule has 1 aromatic carbocycles. The second-order valence-electron chi connectivity index (χ2n) is 6.58. The maximum atomic E-state index is 4.64. The van der Waals surface area contributed by atoms with Gasteiger partial charge in [0.1, 0.15) is 17.5 Å². The van der Waals surface area contributed by atoms with Gasteiger partial charge in [-0.15, -0.1) is 0 Å². The summed E-state index contributed by atoms with van der Waals surface area (Å²) in [6.07, 6.45) is 0. The van der Waals surface area contributed by atoms with Crippen molar-refractivity contribution in [1.82, 2.24) is 14.9 Å². The van der Waals surface area contributed by atoms with Gasteiger partial charge in [-0.1, -0.05) is 13.0 Å². The number of aryl methyl sites for hydroxylation is 3. The maximum absolute atomic E-state index is 4.64. The van der Waals surface area contributed by atoms with E-state index in [1.165, 1.54) is 11.1 Å². The molecule has 1 aliphatic rings. The summed E-state index contributed by atoms with van der Waals surface area (Å²) >= 11 is 0. The molecule has 128 valence electrons. The van der Waals surface area contributed by atoms with Crippen molar-refractivity contribution in [2.75, 3.05) is 42.9 Å². The van der Waals surface area contributed by atoms with Crippen LogP contribution < -0.4 is 10.2 Å². The Kier molecular flexibility index (Phi) is 5.00. The van der Waals surface area contributed by atoms with E-state index in [1.807, 2.05) is 6.92 Å². The van der Waals surface area contributed by atoms with Crippen LogP contribution in [0.1, 0.15) is 23.9 Å². The van der Waals surface area contributed by atoms with Crippen LogP contribution in [0.4, 0.5) is 17.3 Å². The molecule has 5 nitrogen and oxygen atoms in total.